The molecular weight excluding hydrogens is 406 g/mol. The number of oxime groups is 1. The molecule has 168 valence electrons. The molecule has 0 bridgehead atoms. The Morgan fingerprint density at radius 1 is 1.19 bits per heavy atom. The van der Waals surface area contributed by atoms with Crippen molar-refractivity contribution in [1.82, 2.24) is 9.78 Å². The number of ether oxygens (including phenoxy) is 1. The molecule has 7 nitrogen and oxygen atoms in total. The molecule has 3 aromatic rings. The molecule has 0 amide bonds. The second kappa shape index (κ2) is 9.26. The monoisotopic (exact) mass is 435 g/mol. The van der Waals surface area contributed by atoms with Crippen molar-refractivity contribution in [2.45, 2.75) is 46.1 Å². The Kier molecular flexibility index (Phi) is 6.67. The summed E-state index contributed by atoms with van der Waals surface area (Å²) in [5.74, 6) is 0.243. The third-order valence-corrected chi connectivity index (χ3v) is 5.09. The van der Waals surface area contributed by atoms with Gasteiger partial charge in [-0.3, -0.25) is 0 Å². The molecule has 1 aromatic heterocycles. The molecule has 0 aliphatic heterocycles. The van der Waals surface area contributed by atoms with E-state index in [4.69, 9.17) is 9.57 Å². The van der Waals surface area contributed by atoms with E-state index in [-0.39, 0.29) is 11.0 Å². The molecule has 2 aromatic carbocycles. The molecule has 0 aliphatic carbocycles. The van der Waals surface area contributed by atoms with Gasteiger partial charge in [-0.1, -0.05) is 56.3 Å². The molecule has 3 rings (SSSR count). The van der Waals surface area contributed by atoms with Gasteiger partial charge in [-0.15, -0.1) is 0 Å². The van der Waals surface area contributed by atoms with E-state index < -0.39 is 12.1 Å². The first-order valence-electron chi connectivity index (χ1n) is 10.4. The van der Waals surface area contributed by atoms with Gasteiger partial charge in [-0.2, -0.15) is 5.10 Å². The van der Waals surface area contributed by atoms with E-state index >= 15 is 0 Å². The number of carboxylic acids is 1. The average Bonchev–Trinajstić information content (AvgIpc) is 3.01. The summed E-state index contributed by atoms with van der Waals surface area (Å²) in [4.78, 5) is 17.7. The van der Waals surface area contributed by atoms with Crippen molar-refractivity contribution < 1.29 is 19.5 Å². The van der Waals surface area contributed by atoms with Crippen molar-refractivity contribution in [3.63, 3.8) is 0 Å². The number of rotatable bonds is 7. The van der Waals surface area contributed by atoms with E-state index in [1.165, 1.54) is 0 Å². The van der Waals surface area contributed by atoms with Gasteiger partial charge in [0.2, 0.25) is 5.88 Å². The molecule has 0 aliphatic rings. The first kappa shape index (κ1) is 23.1. The highest BCUT2D eigenvalue weighted by atomic mass is 16.6. The van der Waals surface area contributed by atoms with Gasteiger partial charge in [0.1, 0.15) is 5.75 Å². The fourth-order valence-electron chi connectivity index (χ4n) is 3.61. The number of para-hydroxylation sites is 1. The molecule has 0 saturated carbocycles. The number of aromatic nitrogens is 2. The summed E-state index contributed by atoms with van der Waals surface area (Å²) >= 11 is 0. The number of hydrogen-bond acceptors (Lipinski definition) is 5. The standard InChI is InChI=1S/C25H29N3O4/c1-7-26-32-22(17-13-14-19(24(29)30)20(15-17)25(3,4)5)21-16(2)27-28(6)23(21)31-18-11-9-8-10-12-18/h7-15,22H,1-6H3,(H,29,30). The topological polar surface area (TPSA) is 85.9 Å². The lowest BCUT2D eigenvalue weighted by Crippen LogP contribution is -2.18. The smallest absolute Gasteiger partial charge is 0.335 e. The van der Waals surface area contributed by atoms with Crippen LogP contribution in [0.25, 0.3) is 0 Å². The van der Waals surface area contributed by atoms with Crippen LogP contribution in [0.1, 0.15) is 66.5 Å². The van der Waals surface area contributed by atoms with Crippen LogP contribution in [0.2, 0.25) is 0 Å². The molecule has 0 spiro atoms. The zero-order valence-corrected chi connectivity index (χ0v) is 19.3. The molecule has 0 fully saturated rings. The lowest BCUT2D eigenvalue weighted by Gasteiger charge is -2.24. The molecule has 0 saturated heterocycles. The summed E-state index contributed by atoms with van der Waals surface area (Å²) in [6.45, 7) is 9.60. The number of carboxylic acid groups (broad SMARTS) is 1. The van der Waals surface area contributed by atoms with Crippen molar-refractivity contribution in [2.24, 2.45) is 12.2 Å². The molecular formula is C25H29N3O4. The Hall–Kier alpha value is -3.61. The Bertz CT molecular complexity index is 1130. The Balaban J connectivity index is 2.18. The maximum Gasteiger partial charge on any atom is 0.335 e. The van der Waals surface area contributed by atoms with Gasteiger partial charge in [0, 0.05) is 18.8 Å². The van der Waals surface area contributed by atoms with Crippen molar-refractivity contribution in [3.8, 4) is 11.6 Å². The summed E-state index contributed by atoms with van der Waals surface area (Å²) in [5, 5.41) is 18.3. The van der Waals surface area contributed by atoms with Crippen molar-refractivity contribution in [2.75, 3.05) is 0 Å². The molecule has 0 radical (unpaired) electrons. The van der Waals surface area contributed by atoms with Crippen LogP contribution in [0, 0.1) is 6.92 Å². The lowest BCUT2D eigenvalue weighted by molar-refractivity contribution is 0.0693. The SMILES string of the molecule is CC=NOC(c1ccc(C(=O)O)c(C(C)(C)C)c1)c1c(C)nn(C)c1Oc1ccccc1. The zero-order valence-electron chi connectivity index (χ0n) is 19.3. The number of nitrogens with zero attached hydrogens (tertiary/aromatic N) is 3. The number of carbonyl (C=O) groups is 1. The summed E-state index contributed by atoms with van der Waals surface area (Å²) in [5.41, 5.74) is 2.82. The van der Waals surface area contributed by atoms with Gasteiger partial charge >= 0.3 is 5.97 Å². The van der Waals surface area contributed by atoms with E-state index in [2.05, 4.69) is 10.3 Å². The average molecular weight is 436 g/mol. The predicted octanol–water partition coefficient (Wildman–Crippen LogP) is 5.63. The van der Waals surface area contributed by atoms with Crippen LogP contribution in [0.15, 0.2) is 53.7 Å². The maximum absolute atomic E-state index is 11.8. The molecule has 1 N–H and O–H groups in total. The summed E-state index contributed by atoms with van der Waals surface area (Å²) in [6, 6.07) is 14.7. The Labute approximate surface area is 188 Å². The Morgan fingerprint density at radius 2 is 1.88 bits per heavy atom. The fraction of sp³-hybridized carbons (Fsp3) is 0.320. The summed E-state index contributed by atoms with van der Waals surface area (Å²) < 4.78 is 7.84. The maximum atomic E-state index is 11.8. The molecule has 1 unspecified atom stereocenters. The van der Waals surface area contributed by atoms with E-state index in [9.17, 15) is 9.90 Å². The quantitative estimate of drug-likeness (QED) is 0.384. The highest BCUT2D eigenvalue weighted by molar-refractivity contribution is 5.90. The van der Waals surface area contributed by atoms with Gasteiger partial charge < -0.3 is 14.7 Å². The third-order valence-electron chi connectivity index (χ3n) is 5.09. The van der Waals surface area contributed by atoms with Crippen LogP contribution in [0.4, 0.5) is 0 Å². The van der Waals surface area contributed by atoms with Gasteiger partial charge in [0.05, 0.1) is 16.8 Å². The second-order valence-corrected chi connectivity index (χ2v) is 8.55. The van der Waals surface area contributed by atoms with Crippen LogP contribution >= 0.6 is 0 Å². The number of aromatic carboxylic acids is 1. The molecule has 1 atom stereocenters. The third kappa shape index (κ3) is 4.82. The first-order valence-corrected chi connectivity index (χ1v) is 10.4. The minimum absolute atomic E-state index is 0.266. The highest BCUT2D eigenvalue weighted by Crippen LogP contribution is 2.39. The van der Waals surface area contributed by atoms with E-state index in [1.807, 2.05) is 71.1 Å². The summed E-state index contributed by atoms with van der Waals surface area (Å²) in [7, 11) is 1.81. The minimum Gasteiger partial charge on any atom is -0.478 e. The van der Waals surface area contributed by atoms with Gasteiger partial charge in [-0.05, 0) is 43.0 Å². The van der Waals surface area contributed by atoms with Crippen LogP contribution in [-0.2, 0) is 17.3 Å². The number of benzene rings is 2. The first-order chi connectivity index (χ1) is 15.1. The van der Waals surface area contributed by atoms with Crippen LogP contribution in [0.5, 0.6) is 11.6 Å². The predicted molar refractivity (Wildman–Crippen MR) is 124 cm³/mol. The van der Waals surface area contributed by atoms with E-state index in [0.717, 1.165) is 16.8 Å². The number of aryl methyl sites for hydroxylation is 2. The fourth-order valence-corrected chi connectivity index (χ4v) is 3.61. The van der Waals surface area contributed by atoms with Crippen LogP contribution < -0.4 is 4.74 Å². The van der Waals surface area contributed by atoms with Crippen molar-refractivity contribution in [3.05, 3.63) is 76.5 Å². The lowest BCUT2D eigenvalue weighted by atomic mass is 9.82. The zero-order chi connectivity index (χ0) is 23.5. The minimum atomic E-state index is -0.962. The number of hydrogen-bond donors (Lipinski definition) is 1. The van der Waals surface area contributed by atoms with Gasteiger partial charge in [-0.25, -0.2) is 9.48 Å². The van der Waals surface area contributed by atoms with Crippen molar-refractivity contribution in [1.29, 1.82) is 0 Å². The van der Waals surface area contributed by atoms with Crippen LogP contribution in [-0.4, -0.2) is 27.1 Å². The molecule has 7 heteroatoms. The second-order valence-electron chi connectivity index (χ2n) is 8.55. The van der Waals surface area contributed by atoms with Gasteiger partial charge in [0.25, 0.3) is 0 Å². The van der Waals surface area contributed by atoms with Gasteiger partial charge in [0.15, 0.2) is 6.10 Å². The highest BCUT2D eigenvalue weighted by Gasteiger charge is 2.30. The summed E-state index contributed by atoms with van der Waals surface area (Å²) in [6.07, 6.45) is 0.926. The molecule has 32 heavy (non-hydrogen) atoms. The largest absolute Gasteiger partial charge is 0.478 e. The normalized spacial score (nSPS) is 12.7. The van der Waals surface area contributed by atoms with E-state index in [1.54, 1.807) is 30.0 Å². The van der Waals surface area contributed by atoms with Crippen molar-refractivity contribution >= 4 is 12.2 Å². The molecule has 1 heterocycles. The Morgan fingerprint density at radius 3 is 2.47 bits per heavy atom. The van der Waals surface area contributed by atoms with Crippen LogP contribution in [0.3, 0.4) is 0 Å². The van der Waals surface area contributed by atoms with E-state index in [0.29, 0.717) is 17.2 Å².